The quantitative estimate of drug-likeness (QED) is 0.754. The van der Waals surface area contributed by atoms with Crippen LogP contribution in [0.5, 0.6) is 0 Å². The Morgan fingerprint density at radius 1 is 1.26 bits per heavy atom. The summed E-state index contributed by atoms with van der Waals surface area (Å²) in [4.78, 5) is 26.5. The van der Waals surface area contributed by atoms with Gasteiger partial charge in [-0.1, -0.05) is 30.3 Å². The van der Waals surface area contributed by atoms with Gasteiger partial charge in [-0.15, -0.1) is 0 Å². The number of nitrogens with zero attached hydrogens (tertiary/aromatic N) is 3. The van der Waals surface area contributed by atoms with Gasteiger partial charge in [0, 0.05) is 25.6 Å². The zero-order chi connectivity index (χ0) is 19.4. The van der Waals surface area contributed by atoms with Gasteiger partial charge in [0.15, 0.2) is 0 Å². The van der Waals surface area contributed by atoms with Crippen LogP contribution in [0.25, 0.3) is 0 Å². The predicted octanol–water partition coefficient (Wildman–Crippen LogP) is 2.17. The largest absolute Gasteiger partial charge is 0.481 e. The Bertz CT molecular complexity index is 803. The molecular weight excluding hydrogens is 346 g/mol. The molecule has 1 fully saturated rings. The Kier molecular flexibility index (Phi) is 5.91. The molecule has 1 aromatic heterocycles. The third-order valence-corrected chi connectivity index (χ3v) is 4.92. The van der Waals surface area contributed by atoms with Crippen molar-refractivity contribution in [2.75, 3.05) is 26.3 Å². The number of rotatable bonds is 7. The Labute approximate surface area is 158 Å². The van der Waals surface area contributed by atoms with Crippen molar-refractivity contribution >= 4 is 11.9 Å². The summed E-state index contributed by atoms with van der Waals surface area (Å²) in [5.74, 6) is -1.89. The van der Waals surface area contributed by atoms with Gasteiger partial charge in [0.2, 0.25) is 0 Å². The molecule has 2 atom stereocenters. The van der Waals surface area contributed by atoms with E-state index in [4.69, 9.17) is 4.74 Å². The lowest BCUT2D eigenvalue weighted by Gasteiger charge is -2.17. The number of likely N-dealkylation sites (tertiary alicyclic amines) is 1. The minimum Gasteiger partial charge on any atom is -0.481 e. The molecule has 1 aromatic carbocycles. The minimum absolute atomic E-state index is 0.184. The summed E-state index contributed by atoms with van der Waals surface area (Å²) >= 11 is 0. The fourth-order valence-corrected chi connectivity index (χ4v) is 3.60. The van der Waals surface area contributed by atoms with E-state index in [2.05, 4.69) is 5.10 Å². The number of carbonyl (C=O) groups is 2. The summed E-state index contributed by atoms with van der Waals surface area (Å²) in [6.07, 6.45) is 0. The molecule has 1 aliphatic heterocycles. The number of hydrogen-bond acceptors (Lipinski definition) is 4. The highest BCUT2D eigenvalue weighted by atomic mass is 16.5. The number of aromatic nitrogens is 2. The number of aryl methyl sites for hydroxylation is 1. The molecule has 7 heteroatoms. The van der Waals surface area contributed by atoms with Gasteiger partial charge in [-0.25, -0.2) is 0 Å². The van der Waals surface area contributed by atoms with Crippen molar-refractivity contribution in [1.82, 2.24) is 14.7 Å². The number of amides is 1. The zero-order valence-electron chi connectivity index (χ0n) is 15.7. The summed E-state index contributed by atoms with van der Waals surface area (Å²) in [5, 5.41) is 14.0. The molecule has 27 heavy (non-hydrogen) atoms. The van der Waals surface area contributed by atoms with E-state index in [0.717, 1.165) is 11.3 Å². The van der Waals surface area contributed by atoms with E-state index in [9.17, 15) is 14.7 Å². The van der Waals surface area contributed by atoms with Gasteiger partial charge in [-0.2, -0.15) is 5.10 Å². The van der Waals surface area contributed by atoms with Gasteiger partial charge in [0.05, 0.1) is 24.8 Å². The van der Waals surface area contributed by atoms with Crippen molar-refractivity contribution in [3.63, 3.8) is 0 Å². The maximum absolute atomic E-state index is 13.1. The van der Waals surface area contributed by atoms with E-state index in [0.29, 0.717) is 32.0 Å². The summed E-state index contributed by atoms with van der Waals surface area (Å²) in [6, 6.07) is 11.3. The van der Waals surface area contributed by atoms with Gasteiger partial charge in [0.25, 0.3) is 5.91 Å². The van der Waals surface area contributed by atoms with Crippen molar-refractivity contribution in [1.29, 1.82) is 0 Å². The lowest BCUT2D eigenvalue weighted by molar-refractivity contribution is -0.141. The van der Waals surface area contributed by atoms with Crippen LogP contribution in [0.15, 0.2) is 36.4 Å². The first-order valence-electron chi connectivity index (χ1n) is 9.20. The van der Waals surface area contributed by atoms with E-state index in [1.807, 2.05) is 44.2 Å². The lowest BCUT2D eigenvalue weighted by Crippen LogP contribution is -2.32. The van der Waals surface area contributed by atoms with Crippen LogP contribution in [-0.4, -0.2) is 58.0 Å². The fraction of sp³-hybridized carbons (Fsp3) is 0.450. The second-order valence-corrected chi connectivity index (χ2v) is 6.76. The Morgan fingerprint density at radius 3 is 2.67 bits per heavy atom. The van der Waals surface area contributed by atoms with E-state index in [1.54, 1.807) is 15.6 Å². The third kappa shape index (κ3) is 4.19. The van der Waals surface area contributed by atoms with E-state index in [1.165, 1.54) is 0 Å². The highest BCUT2D eigenvalue weighted by molar-refractivity contribution is 5.93. The number of hydrogen-bond donors (Lipinski definition) is 1. The second-order valence-electron chi connectivity index (χ2n) is 6.76. The smallest absolute Gasteiger partial charge is 0.308 e. The molecule has 0 unspecified atom stereocenters. The normalized spacial score (nSPS) is 19.4. The molecule has 144 valence electrons. The number of aliphatic carboxylic acids is 1. The summed E-state index contributed by atoms with van der Waals surface area (Å²) in [7, 11) is 0. The van der Waals surface area contributed by atoms with Crippen molar-refractivity contribution in [2.45, 2.75) is 26.3 Å². The molecule has 0 spiro atoms. The van der Waals surface area contributed by atoms with Crippen molar-refractivity contribution in [3.05, 3.63) is 53.3 Å². The molecule has 2 heterocycles. The molecule has 1 aliphatic rings. The maximum atomic E-state index is 13.1. The van der Waals surface area contributed by atoms with Crippen molar-refractivity contribution in [3.8, 4) is 0 Å². The monoisotopic (exact) mass is 371 g/mol. The SMILES string of the molecule is CCOCCn1nc(C)cc1C(=O)N1C[C@@H](C(=O)O)[C@H](c2ccccc2)C1. The molecular formula is C20H25N3O4. The molecule has 0 bridgehead atoms. The van der Waals surface area contributed by atoms with Crippen LogP contribution in [0.2, 0.25) is 0 Å². The van der Waals surface area contributed by atoms with Gasteiger partial charge in [0.1, 0.15) is 5.69 Å². The molecule has 1 amide bonds. The Morgan fingerprint density at radius 2 is 2.00 bits per heavy atom. The molecule has 1 saturated heterocycles. The first kappa shape index (κ1) is 19.1. The Hall–Kier alpha value is -2.67. The topological polar surface area (TPSA) is 84.7 Å². The van der Waals surface area contributed by atoms with Crippen LogP contribution in [0.3, 0.4) is 0 Å². The van der Waals surface area contributed by atoms with Crippen LogP contribution >= 0.6 is 0 Å². The van der Waals surface area contributed by atoms with E-state index in [-0.39, 0.29) is 18.4 Å². The lowest BCUT2D eigenvalue weighted by atomic mass is 9.89. The van der Waals surface area contributed by atoms with Crippen molar-refractivity contribution in [2.24, 2.45) is 5.92 Å². The average Bonchev–Trinajstić information content (AvgIpc) is 3.26. The van der Waals surface area contributed by atoms with Gasteiger partial charge >= 0.3 is 5.97 Å². The van der Waals surface area contributed by atoms with Crippen LogP contribution in [-0.2, 0) is 16.1 Å². The minimum atomic E-state index is -0.875. The van der Waals surface area contributed by atoms with Crippen LogP contribution in [0.1, 0.15) is 34.6 Å². The Balaban J connectivity index is 1.80. The second kappa shape index (κ2) is 8.35. The predicted molar refractivity (Wildman–Crippen MR) is 99.7 cm³/mol. The first-order chi connectivity index (χ1) is 13.0. The summed E-state index contributed by atoms with van der Waals surface area (Å²) in [5.41, 5.74) is 2.18. The fourth-order valence-electron chi connectivity index (χ4n) is 3.60. The van der Waals surface area contributed by atoms with Crippen LogP contribution in [0.4, 0.5) is 0 Å². The van der Waals surface area contributed by atoms with Gasteiger partial charge in [-0.05, 0) is 25.5 Å². The molecule has 0 aliphatic carbocycles. The number of benzene rings is 1. The van der Waals surface area contributed by atoms with Crippen molar-refractivity contribution < 1.29 is 19.4 Å². The van der Waals surface area contributed by atoms with Gasteiger partial charge < -0.3 is 14.7 Å². The van der Waals surface area contributed by atoms with E-state index >= 15 is 0 Å². The number of carboxylic acids is 1. The van der Waals surface area contributed by atoms with Crippen LogP contribution in [0, 0.1) is 12.8 Å². The summed E-state index contributed by atoms with van der Waals surface area (Å²) < 4.78 is 7.02. The molecule has 7 nitrogen and oxygen atoms in total. The van der Waals surface area contributed by atoms with E-state index < -0.39 is 11.9 Å². The number of carboxylic acid groups (broad SMARTS) is 1. The molecule has 0 radical (unpaired) electrons. The average molecular weight is 371 g/mol. The highest BCUT2D eigenvalue weighted by Crippen LogP contribution is 2.33. The molecule has 0 saturated carbocycles. The number of carbonyl (C=O) groups excluding carboxylic acids is 1. The third-order valence-electron chi connectivity index (χ3n) is 4.92. The number of ether oxygens (including phenoxy) is 1. The molecule has 3 rings (SSSR count). The molecule has 1 N–H and O–H groups in total. The van der Waals surface area contributed by atoms with Crippen LogP contribution < -0.4 is 0 Å². The van der Waals surface area contributed by atoms with Gasteiger partial charge in [-0.3, -0.25) is 14.3 Å². The highest BCUT2D eigenvalue weighted by Gasteiger charge is 2.41. The maximum Gasteiger partial charge on any atom is 0.308 e. The molecule has 2 aromatic rings. The zero-order valence-corrected chi connectivity index (χ0v) is 15.7. The standard InChI is InChI=1S/C20H25N3O4/c1-3-27-10-9-23-18(11-14(2)21-23)19(24)22-12-16(17(13-22)20(25)26)15-7-5-4-6-8-15/h4-8,11,16-17H,3,9-10,12-13H2,1-2H3,(H,25,26)/t16-,17+/m0/s1. The first-order valence-corrected chi connectivity index (χ1v) is 9.20. The summed E-state index contributed by atoms with van der Waals surface area (Å²) in [6.45, 7) is 5.90.